The Morgan fingerprint density at radius 2 is 0.864 bits per heavy atom. The second kappa shape index (κ2) is 15.2. The number of benzene rings is 10. The molecule has 1 aromatic heterocycles. The van der Waals surface area contributed by atoms with Gasteiger partial charge < -0.3 is 9.47 Å². The molecule has 0 aliphatic rings. The van der Waals surface area contributed by atoms with Gasteiger partial charge in [-0.3, -0.25) is 0 Å². The van der Waals surface area contributed by atoms with E-state index >= 15 is 0 Å². The highest BCUT2D eigenvalue weighted by molar-refractivity contribution is 6.27. The summed E-state index contributed by atoms with van der Waals surface area (Å²) in [6.07, 6.45) is 0. The maximum absolute atomic E-state index is 2.61. The summed E-state index contributed by atoms with van der Waals surface area (Å²) in [7, 11) is 0. The van der Waals surface area contributed by atoms with Gasteiger partial charge in [0.15, 0.2) is 0 Å². The standard InChI is InChI=1S/C64H58N2/c1-62(2,3)44-31-34-52(49-22-14-13-21-48(49)41-19-11-10-12-20-41)59(40-44)65(47-38-45(63(4,5)6)37-46(39-47)64(7,8)9)57-35-29-42-28-33-54-58(36-30-43-27-32-53(57)60(42)61(43)54)66-55-25-17-15-23-50(55)51-24-16-18-26-56(51)66/h10-40H,1-9H3. The van der Waals surface area contributed by atoms with Crippen molar-refractivity contribution in [3.63, 3.8) is 0 Å². The Kier molecular flexibility index (Phi) is 9.57. The van der Waals surface area contributed by atoms with Gasteiger partial charge in [0.05, 0.1) is 28.1 Å². The summed E-state index contributed by atoms with van der Waals surface area (Å²) in [5.41, 5.74) is 15.6. The fourth-order valence-corrected chi connectivity index (χ4v) is 10.4. The molecule has 0 saturated carbocycles. The van der Waals surface area contributed by atoms with Crippen LogP contribution in [0.3, 0.4) is 0 Å². The Morgan fingerprint density at radius 1 is 0.348 bits per heavy atom. The van der Waals surface area contributed by atoms with Crippen LogP contribution in [-0.2, 0) is 16.2 Å². The summed E-state index contributed by atoms with van der Waals surface area (Å²) in [6, 6.07) is 70.9. The van der Waals surface area contributed by atoms with Gasteiger partial charge in [-0.15, -0.1) is 0 Å². The van der Waals surface area contributed by atoms with Crippen LogP contribution in [0.5, 0.6) is 0 Å². The van der Waals surface area contributed by atoms with Crippen LogP contribution in [0.25, 0.3) is 82.1 Å². The number of hydrogen-bond acceptors (Lipinski definition) is 1. The summed E-state index contributed by atoms with van der Waals surface area (Å²) >= 11 is 0. The first-order valence-corrected chi connectivity index (χ1v) is 23.6. The van der Waals surface area contributed by atoms with Gasteiger partial charge in [0.1, 0.15) is 0 Å². The minimum absolute atomic E-state index is 0.0798. The molecule has 324 valence electrons. The van der Waals surface area contributed by atoms with E-state index in [4.69, 9.17) is 0 Å². The van der Waals surface area contributed by atoms with E-state index in [2.05, 4.69) is 260 Å². The molecule has 0 N–H and O–H groups in total. The first kappa shape index (κ1) is 41.5. The maximum atomic E-state index is 2.61. The van der Waals surface area contributed by atoms with Gasteiger partial charge in [-0.1, -0.05) is 208 Å². The summed E-state index contributed by atoms with van der Waals surface area (Å²) < 4.78 is 2.48. The van der Waals surface area contributed by atoms with E-state index in [0.29, 0.717) is 0 Å². The molecule has 0 spiro atoms. The van der Waals surface area contributed by atoms with E-state index in [-0.39, 0.29) is 16.2 Å². The molecule has 11 rings (SSSR count). The maximum Gasteiger partial charge on any atom is 0.0543 e. The van der Waals surface area contributed by atoms with Crippen molar-refractivity contribution in [3.8, 4) is 27.9 Å². The zero-order valence-electron chi connectivity index (χ0n) is 39.8. The third kappa shape index (κ3) is 6.85. The van der Waals surface area contributed by atoms with Crippen molar-refractivity contribution in [3.05, 3.63) is 205 Å². The number of hydrogen-bond donors (Lipinski definition) is 0. The average molecular weight is 855 g/mol. The van der Waals surface area contributed by atoms with Crippen LogP contribution in [0.2, 0.25) is 0 Å². The van der Waals surface area contributed by atoms with Gasteiger partial charge in [0.25, 0.3) is 0 Å². The van der Waals surface area contributed by atoms with E-state index < -0.39 is 0 Å². The molecule has 2 heteroatoms. The second-order valence-electron chi connectivity index (χ2n) is 21.5. The van der Waals surface area contributed by atoms with E-state index in [1.165, 1.54) is 98.8 Å². The normalized spacial score (nSPS) is 12.6. The Labute approximate surface area is 390 Å². The summed E-state index contributed by atoms with van der Waals surface area (Å²) in [6.45, 7) is 21.0. The van der Waals surface area contributed by atoms with Crippen LogP contribution in [-0.4, -0.2) is 4.57 Å². The van der Waals surface area contributed by atoms with Crippen molar-refractivity contribution in [1.29, 1.82) is 0 Å². The molecule has 0 unspecified atom stereocenters. The van der Waals surface area contributed by atoms with Crippen molar-refractivity contribution in [2.24, 2.45) is 0 Å². The molecule has 66 heavy (non-hydrogen) atoms. The van der Waals surface area contributed by atoms with E-state index in [0.717, 1.165) is 17.1 Å². The topological polar surface area (TPSA) is 8.17 Å². The highest BCUT2D eigenvalue weighted by atomic mass is 15.1. The zero-order chi connectivity index (χ0) is 45.7. The highest BCUT2D eigenvalue weighted by Crippen LogP contribution is 2.50. The number of aromatic nitrogens is 1. The molecule has 0 aliphatic heterocycles. The molecule has 2 nitrogen and oxygen atoms in total. The van der Waals surface area contributed by atoms with Gasteiger partial charge in [-0.25, -0.2) is 0 Å². The number of fused-ring (bicyclic) bond motifs is 3. The van der Waals surface area contributed by atoms with Gasteiger partial charge >= 0.3 is 0 Å². The second-order valence-corrected chi connectivity index (χ2v) is 21.5. The Balaban J connectivity index is 1.26. The summed E-state index contributed by atoms with van der Waals surface area (Å²) in [4.78, 5) is 2.61. The van der Waals surface area contributed by atoms with Crippen molar-refractivity contribution < 1.29 is 0 Å². The molecule has 0 amide bonds. The van der Waals surface area contributed by atoms with Crippen LogP contribution >= 0.6 is 0 Å². The minimum atomic E-state index is -0.0897. The monoisotopic (exact) mass is 854 g/mol. The molecular weight excluding hydrogens is 797 g/mol. The van der Waals surface area contributed by atoms with Crippen LogP contribution in [0, 0.1) is 0 Å². The number of anilines is 3. The lowest BCUT2D eigenvalue weighted by Gasteiger charge is -2.34. The predicted molar refractivity (Wildman–Crippen MR) is 286 cm³/mol. The highest BCUT2D eigenvalue weighted by Gasteiger charge is 2.29. The van der Waals surface area contributed by atoms with Crippen LogP contribution < -0.4 is 4.90 Å². The van der Waals surface area contributed by atoms with Crippen LogP contribution in [0.15, 0.2) is 188 Å². The van der Waals surface area contributed by atoms with Gasteiger partial charge in [-0.05, 0) is 114 Å². The van der Waals surface area contributed by atoms with E-state index in [9.17, 15) is 0 Å². The fraction of sp³-hybridized carbons (Fsp3) is 0.188. The van der Waals surface area contributed by atoms with Crippen molar-refractivity contribution in [2.75, 3.05) is 4.90 Å². The predicted octanol–water partition coefficient (Wildman–Crippen LogP) is 18.4. The Morgan fingerprint density at radius 3 is 1.48 bits per heavy atom. The quantitative estimate of drug-likeness (QED) is 0.151. The molecule has 10 aromatic carbocycles. The first-order valence-electron chi connectivity index (χ1n) is 23.6. The molecule has 0 aliphatic carbocycles. The molecule has 1 heterocycles. The number of rotatable bonds is 6. The SMILES string of the molecule is CC(C)(C)c1cc(N(c2cc(C(C)(C)C)ccc2-c2ccccc2-c2ccccc2)c2ccc3ccc4c(-n5c6ccccc6c6ccccc65)ccc5ccc2c3c54)cc(C(C)(C)C)c1. The summed E-state index contributed by atoms with van der Waals surface area (Å²) in [5.74, 6) is 0. The molecule has 0 atom stereocenters. The van der Waals surface area contributed by atoms with Crippen LogP contribution in [0.4, 0.5) is 17.1 Å². The van der Waals surface area contributed by atoms with Crippen molar-refractivity contribution in [1.82, 2.24) is 4.57 Å². The molecule has 0 radical (unpaired) electrons. The smallest absolute Gasteiger partial charge is 0.0543 e. The first-order chi connectivity index (χ1) is 31.6. The van der Waals surface area contributed by atoms with Gasteiger partial charge in [0.2, 0.25) is 0 Å². The van der Waals surface area contributed by atoms with E-state index in [1.807, 2.05) is 0 Å². The molecule has 0 saturated heterocycles. The zero-order valence-corrected chi connectivity index (χ0v) is 39.8. The summed E-state index contributed by atoms with van der Waals surface area (Å²) in [5, 5.41) is 10.1. The Bertz CT molecular complexity index is 3550. The molecule has 0 bridgehead atoms. The van der Waals surface area contributed by atoms with Crippen molar-refractivity contribution in [2.45, 2.75) is 78.6 Å². The lowest BCUT2D eigenvalue weighted by molar-refractivity contribution is 0.569. The molecule has 0 fully saturated rings. The minimum Gasteiger partial charge on any atom is -0.309 e. The number of nitrogens with zero attached hydrogens (tertiary/aromatic N) is 2. The lowest BCUT2D eigenvalue weighted by Crippen LogP contribution is -2.20. The average Bonchev–Trinajstić information content (AvgIpc) is 3.64. The molecular formula is C64H58N2. The third-order valence-electron chi connectivity index (χ3n) is 14.0. The van der Waals surface area contributed by atoms with Crippen LogP contribution in [0.1, 0.15) is 79.0 Å². The van der Waals surface area contributed by atoms with E-state index in [1.54, 1.807) is 0 Å². The largest absolute Gasteiger partial charge is 0.309 e. The lowest BCUT2D eigenvalue weighted by atomic mass is 9.80. The fourth-order valence-electron chi connectivity index (χ4n) is 10.4. The number of para-hydroxylation sites is 2. The van der Waals surface area contributed by atoms with Crippen molar-refractivity contribution >= 4 is 71.2 Å². The Hall–Kier alpha value is -7.16. The molecule has 11 aromatic rings. The van der Waals surface area contributed by atoms with Gasteiger partial charge in [0, 0.05) is 32.8 Å². The third-order valence-corrected chi connectivity index (χ3v) is 14.0. The van der Waals surface area contributed by atoms with Gasteiger partial charge in [-0.2, -0.15) is 0 Å².